The number of ether oxygens (including phenoxy) is 1. The summed E-state index contributed by atoms with van der Waals surface area (Å²) in [6.07, 6.45) is 0.715. The van der Waals surface area contributed by atoms with Gasteiger partial charge in [-0.05, 0) is 20.8 Å². The number of esters is 1. The van der Waals surface area contributed by atoms with Gasteiger partial charge in [-0.15, -0.1) is 10.2 Å². The van der Waals surface area contributed by atoms with Crippen molar-refractivity contribution >= 4 is 5.97 Å². The van der Waals surface area contributed by atoms with Crippen molar-refractivity contribution < 1.29 is 13.9 Å². The Hall–Kier alpha value is -1.43. The smallest absolute Gasteiger partial charge is 0.320 e. The van der Waals surface area contributed by atoms with Gasteiger partial charge >= 0.3 is 5.97 Å². The summed E-state index contributed by atoms with van der Waals surface area (Å²) in [5.41, 5.74) is 0. The third-order valence-electron chi connectivity index (χ3n) is 2.52. The first-order valence-corrected chi connectivity index (χ1v) is 6.27. The first kappa shape index (κ1) is 14.6. The highest BCUT2D eigenvalue weighted by Crippen LogP contribution is 2.08. The van der Waals surface area contributed by atoms with Crippen molar-refractivity contribution in [3.8, 4) is 0 Å². The molecule has 1 aromatic rings. The minimum Gasteiger partial charge on any atom is -0.465 e. The molecule has 0 aliphatic heterocycles. The number of carbonyl (C=O) groups is 1. The molecule has 0 saturated heterocycles. The normalized spacial score (nSPS) is 11.2. The van der Waals surface area contributed by atoms with Gasteiger partial charge in [-0.1, -0.05) is 6.92 Å². The number of nitrogens with zero attached hydrogens (tertiary/aromatic N) is 3. The van der Waals surface area contributed by atoms with E-state index in [0.717, 1.165) is 0 Å². The Labute approximate surface area is 107 Å². The fourth-order valence-corrected chi connectivity index (χ4v) is 1.46. The molecule has 0 fully saturated rings. The van der Waals surface area contributed by atoms with E-state index in [9.17, 15) is 4.79 Å². The van der Waals surface area contributed by atoms with E-state index >= 15 is 0 Å². The second-order valence-electron chi connectivity index (χ2n) is 4.25. The van der Waals surface area contributed by atoms with Crippen molar-refractivity contribution in [3.05, 3.63) is 11.8 Å². The first-order valence-electron chi connectivity index (χ1n) is 6.27. The van der Waals surface area contributed by atoms with E-state index in [2.05, 4.69) is 10.2 Å². The molecule has 6 nitrogen and oxygen atoms in total. The van der Waals surface area contributed by atoms with Gasteiger partial charge < -0.3 is 9.15 Å². The zero-order valence-electron chi connectivity index (χ0n) is 11.5. The van der Waals surface area contributed by atoms with Crippen LogP contribution in [0.1, 0.15) is 39.5 Å². The Balaban J connectivity index is 2.59. The molecule has 0 aliphatic rings. The largest absolute Gasteiger partial charge is 0.465 e. The second-order valence-corrected chi connectivity index (χ2v) is 4.25. The van der Waals surface area contributed by atoms with Gasteiger partial charge in [-0.25, -0.2) is 0 Å². The SMILES string of the molecule is CCOC(=O)CN(Cc1nnc(CC)o1)C(C)C. The zero-order chi connectivity index (χ0) is 13.5. The molecule has 0 unspecified atom stereocenters. The van der Waals surface area contributed by atoms with Gasteiger partial charge in [0.05, 0.1) is 19.7 Å². The standard InChI is InChI=1S/C12H21N3O3/c1-5-10-13-14-11(18-10)7-15(9(3)4)8-12(16)17-6-2/h9H,5-8H2,1-4H3. The molecule has 18 heavy (non-hydrogen) atoms. The third kappa shape index (κ3) is 4.44. The maximum absolute atomic E-state index is 11.5. The average Bonchev–Trinajstić information content (AvgIpc) is 2.76. The van der Waals surface area contributed by atoms with Crippen LogP contribution in [0.15, 0.2) is 4.42 Å². The van der Waals surface area contributed by atoms with Crippen LogP contribution in [0.3, 0.4) is 0 Å². The van der Waals surface area contributed by atoms with Crippen LogP contribution in [0, 0.1) is 0 Å². The zero-order valence-corrected chi connectivity index (χ0v) is 11.5. The molecule has 0 saturated carbocycles. The summed E-state index contributed by atoms with van der Waals surface area (Å²) in [5.74, 6) is 0.913. The summed E-state index contributed by atoms with van der Waals surface area (Å²) in [5, 5.41) is 7.86. The topological polar surface area (TPSA) is 68.5 Å². The maximum atomic E-state index is 11.5. The fraction of sp³-hybridized carbons (Fsp3) is 0.750. The maximum Gasteiger partial charge on any atom is 0.320 e. The molecule has 0 bridgehead atoms. The summed E-state index contributed by atoms with van der Waals surface area (Å²) in [6.45, 7) is 8.86. The van der Waals surface area contributed by atoms with E-state index in [0.29, 0.717) is 31.4 Å². The molecule has 0 aromatic carbocycles. The lowest BCUT2D eigenvalue weighted by molar-refractivity contribution is -0.145. The third-order valence-corrected chi connectivity index (χ3v) is 2.52. The van der Waals surface area contributed by atoms with Crippen molar-refractivity contribution in [1.82, 2.24) is 15.1 Å². The Bertz CT molecular complexity index is 376. The minimum atomic E-state index is -0.235. The van der Waals surface area contributed by atoms with Crippen LogP contribution < -0.4 is 0 Å². The van der Waals surface area contributed by atoms with Crippen LogP contribution in [0.4, 0.5) is 0 Å². The van der Waals surface area contributed by atoms with E-state index in [4.69, 9.17) is 9.15 Å². The Morgan fingerprint density at radius 1 is 1.33 bits per heavy atom. The predicted molar refractivity (Wildman–Crippen MR) is 65.9 cm³/mol. The number of aromatic nitrogens is 2. The van der Waals surface area contributed by atoms with Crippen molar-refractivity contribution in [1.29, 1.82) is 0 Å². The van der Waals surface area contributed by atoms with Crippen LogP contribution >= 0.6 is 0 Å². The van der Waals surface area contributed by atoms with Gasteiger partial charge in [0, 0.05) is 12.5 Å². The quantitative estimate of drug-likeness (QED) is 0.686. The number of aryl methyl sites for hydroxylation is 1. The minimum absolute atomic E-state index is 0.200. The summed E-state index contributed by atoms with van der Waals surface area (Å²) < 4.78 is 10.4. The number of carbonyl (C=O) groups excluding carboxylic acids is 1. The molecule has 0 aliphatic carbocycles. The number of hydrogen-bond donors (Lipinski definition) is 0. The molecule has 1 aromatic heterocycles. The lowest BCUT2D eigenvalue weighted by atomic mass is 10.3. The van der Waals surface area contributed by atoms with Crippen molar-refractivity contribution in [3.63, 3.8) is 0 Å². The first-order chi connectivity index (χ1) is 8.56. The number of hydrogen-bond acceptors (Lipinski definition) is 6. The van der Waals surface area contributed by atoms with E-state index in [1.807, 2.05) is 25.7 Å². The van der Waals surface area contributed by atoms with Crippen LogP contribution in [-0.2, 0) is 22.5 Å². The van der Waals surface area contributed by atoms with Crippen molar-refractivity contribution in [2.45, 2.75) is 46.7 Å². The summed E-state index contributed by atoms with van der Waals surface area (Å²) in [6, 6.07) is 0.200. The summed E-state index contributed by atoms with van der Waals surface area (Å²) in [7, 11) is 0. The van der Waals surface area contributed by atoms with E-state index in [-0.39, 0.29) is 18.6 Å². The van der Waals surface area contributed by atoms with Crippen LogP contribution in [-0.4, -0.2) is 40.3 Å². The second kappa shape index (κ2) is 7.10. The van der Waals surface area contributed by atoms with Crippen LogP contribution in [0.25, 0.3) is 0 Å². The molecule has 0 spiro atoms. The molecule has 6 heteroatoms. The Morgan fingerprint density at radius 3 is 2.50 bits per heavy atom. The molecule has 0 atom stereocenters. The van der Waals surface area contributed by atoms with Crippen molar-refractivity contribution in [2.24, 2.45) is 0 Å². The summed E-state index contributed by atoms with van der Waals surface area (Å²) >= 11 is 0. The highest BCUT2D eigenvalue weighted by atomic mass is 16.5. The number of rotatable bonds is 7. The molecule has 1 heterocycles. The summed E-state index contributed by atoms with van der Waals surface area (Å²) in [4.78, 5) is 13.4. The van der Waals surface area contributed by atoms with E-state index in [1.165, 1.54) is 0 Å². The molecule has 0 amide bonds. The van der Waals surface area contributed by atoms with Crippen LogP contribution in [0.2, 0.25) is 0 Å². The van der Waals surface area contributed by atoms with E-state index < -0.39 is 0 Å². The highest BCUT2D eigenvalue weighted by molar-refractivity contribution is 5.71. The average molecular weight is 255 g/mol. The van der Waals surface area contributed by atoms with Gasteiger partial charge in [-0.3, -0.25) is 9.69 Å². The molecular weight excluding hydrogens is 234 g/mol. The Kier molecular flexibility index (Phi) is 5.77. The highest BCUT2D eigenvalue weighted by Gasteiger charge is 2.18. The fourth-order valence-electron chi connectivity index (χ4n) is 1.46. The van der Waals surface area contributed by atoms with Gasteiger partial charge in [0.15, 0.2) is 0 Å². The van der Waals surface area contributed by atoms with Gasteiger partial charge in [0.2, 0.25) is 11.8 Å². The van der Waals surface area contributed by atoms with Crippen LogP contribution in [0.5, 0.6) is 0 Å². The Morgan fingerprint density at radius 2 is 2.00 bits per heavy atom. The van der Waals surface area contributed by atoms with E-state index in [1.54, 1.807) is 6.92 Å². The van der Waals surface area contributed by atoms with Crippen molar-refractivity contribution in [2.75, 3.05) is 13.2 Å². The monoisotopic (exact) mass is 255 g/mol. The molecule has 0 radical (unpaired) electrons. The molecule has 0 N–H and O–H groups in total. The molecule has 1 rings (SSSR count). The lowest BCUT2D eigenvalue weighted by Gasteiger charge is -2.23. The lowest BCUT2D eigenvalue weighted by Crippen LogP contribution is -2.36. The molecular formula is C12H21N3O3. The predicted octanol–water partition coefficient (Wildman–Crippen LogP) is 1.41. The van der Waals surface area contributed by atoms with Gasteiger partial charge in [0.25, 0.3) is 0 Å². The van der Waals surface area contributed by atoms with Gasteiger partial charge in [0.1, 0.15) is 0 Å². The molecule has 102 valence electrons. The van der Waals surface area contributed by atoms with Gasteiger partial charge in [-0.2, -0.15) is 0 Å².